The Labute approximate surface area is 191 Å². The molecule has 0 bridgehead atoms. The number of amidine groups is 2. The Balaban J connectivity index is 1.69. The van der Waals surface area contributed by atoms with Gasteiger partial charge < -0.3 is 4.57 Å². The maximum absolute atomic E-state index is 12.7. The van der Waals surface area contributed by atoms with E-state index in [1.165, 1.54) is 16.8 Å². The fraction of sp³-hybridized carbons (Fsp3) is 0.304. The lowest BCUT2D eigenvalue weighted by molar-refractivity contribution is -0.114. The molecule has 0 aliphatic carbocycles. The number of carbonyl (C=O) groups is 1. The molecule has 1 aromatic carbocycles. The Morgan fingerprint density at radius 2 is 2.00 bits per heavy atom. The molecule has 6 nitrogen and oxygen atoms in total. The largest absolute Gasteiger partial charge is 0.318 e. The van der Waals surface area contributed by atoms with Crippen LogP contribution in [0.4, 0.5) is 0 Å². The lowest BCUT2D eigenvalue weighted by Crippen LogP contribution is -2.35. The van der Waals surface area contributed by atoms with Crippen LogP contribution in [0.15, 0.2) is 39.9 Å². The summed E-state index contributed by atoms with van der Waals surface area (Å²) in [5.41, 5.74) is 5.06. The molecular formula is C23H24ClN5OS. The average Bonchev–Trinajstić information content (AvgIpc) is 3.26. The summed E-state index contributed by atoms with van der Waals surface area (Å²) in [7, 11) is 0. The smallest absolute Gasteiger partial charge is 0.283 e. The minimum Gasteiger partial charge on any atom is -0.318 e. The van der Waals surface area contributed by atoms with Gasteiger partial charge in [0.15, 0.2) is 5.84 Å². The summed E-state index contributed by atoms with van der Waals surface area (Å²) < 4.78 is 2.09. The molecule has 31 heavy (non-hydrogen) atoms. The van der Waals surface area contributed by atoms with Crippen molar-refractivity contribution in [1.29, 1.82) is 5.41 Å². The van der Waals surface area contributed by atoms with Crippen molar-refractivity contribution in [3.63, 3.8) is 0 Å². The fourth-order valence-corrected chi connectivity index (χ4v) is 4.77. The highest BCUT2D eigenvalue weighted by molar-refractivity contribution is 8.26. The number of nitrogens with one attached hydrogen (secondary N) is 1. The molecule has 2 aliphatic heterocycles. The highest BCUT2D eigenvalue weighted by atomic mass is 35.5. The topological polar surface area (TPSA) is 73.8 Å². The molecule has 1 amide bonds. The van der Waals surface area contributed by atoms with Crippen LogP contribution in [0.2, 0.25) is 5.02 Å². The first-order valence-electron chi connectivity index (χ1n) is 10.2. The molecule has 0 radical (unpaired) electrons. The third-order valence-electron chi connectivity index (χ3n) is 5.42. The van der Waals surface area contributed by atoms with E-state index in [-0.39, 0.29) is 11.4 Å². The lowest BCUT2D eigenvalue weighted by Gasteiger charge is -2.20. The Morgan fingerprint density at radius 3 is 2.71 bits per heavy atom. The predicted octanol–water partition coefficient (Wildman–Crippen LogP) is 5.87. The molecule has 1 aromatic heterocycles. The highest BCUT2D eigenvalue weighted by Gasteiger charge is 2.35. The van der Waals surface area contributed by atoms with E-state index >= 15 is 0 Å². The van der Waals surface area contributed by atoms with Crippen LogP contribution in [0.5, 0.6) is 0 Å². The number of benzene rings is 1. The van der Waals surface area contributed by atoms with Crippen LogP contribution in [0.25, 0.3) is 11.8 Å². The summed E-state index contributed by atoms with van der Waals surface area (Å²) in [6.45, 7) is 8.09. The van der Waals surface area contributed by atoms with Gasteiger partial charge in [-0.3, -0.25) is 10.2 Å². The van der Waals surface area contributed by atoms with Gasteiger partial charge in [0.1, 0.15) is 5.04 Å². The normalized spacial score (nSPS) is 17.3. The van der Waals surface area contributed by atoms with Gasteiger partial charge in [-0.15, -0.1) is 0 Å². The van der Waals surface area contributed by atoms with E-state index in [0.29, 0.717) is 10.2 Å². The van der Waals surface area contributed by atoms with Gasteiger partial charge in [-0.1, -0.05) is 31.0 Å². The summed E-state index contributed by atoms with van der Waals surface area (Å²) in [5, 5.41) is 16.6. The number of thioether (sulfide) groups is 1. The molecule has 2 aromatic rings. The summed E-state index contributed by atoms with van der Waals surface area (Å²) in [5.74, 6) is -0.337. The molecule has 0 saturated carbocycles. The van der Waals surface area contributed by atoms with Crippen molar-refractivity contribution in [2.45, 2.75) is 47.0 Å². The standard InChI is InChI=1S/C23H24ClN5OS/c1-5-6-7-20-27-29-21(25)18(22(30)26-23(29)31-20)11-16-10-14(3)28(15(16)4)17-9-8-13(2)19(24)12-17/h8-12,25H,5-7H2,1-4H3. The molecular weight excluding hydrogens is 430 g/mol. The minimum absolute atomic E-state index is 0.0668. The molecule has 8 heteroatoms. The van der Waals surface area contributed by atoms with Crippen molar-refractivity contribution in [2.24, 2.45) is 10.1 Å². The van der Waals surface area contributed by atoms with Gasteiger partial charge in [-0.2, -0.15) is 15.1 Å². The first kappa shape index (κ1) is 21.6. The van der Waals surface area contributed by atoms with Crippen molar-refractivity contribution in [1.82, 2.24) is 9.58 Å². The second kappa shape index (κ2) is 8.48. The van der Waals surface area contributed by atoms with Gasteiger partial charge in [-0.05, 0) is 80.8 Å². The zero-order valence-corrected chi connectivity index (χ0v) is 19.6. The van der Waals surface area contributed by atoms with Crippen molar-refractivity contribution in [2.75, 3.05) is 0 Å². The Hall–Kier alpha value is -2.64. The van der Waals surface area contributed by atoms with Crippen molar-refractivity contribution in [3.05, 3.63) is 57.4 Å². The van der Waals surface area contributed by atoms with Crippen LogP contribution in [0, 0.1) is 26.2 Å². The van der Waals surface area contributed by atoms with E-state index < -0.39 is 5.91 Å². The number of aliphatic imine (C=N–C) groups is 1. The number of unbranched alkanes of at least 4 members (excludes halogenated alkanes) is 1. The monoisotopic (exact) mass is 453 g/mol. The van der Waals surface area contributed by atoms with Crippen LogP contribution < -0.4 is 0 Å². The molecule has 0 saturated heterocycles. The van der Waals surface area contributed by atoms with Gasteiger partial charge in [0.25, 0.3) is 5.91 Å². The highest BCUT2D eigenvalue weighted by Crippen LogP contribution is 2.31. The molecule has 1 N–H and O–H groups in total. The summed E-state index contributed by atoms with van der Waals surface area (Å²) >= 11 is 7.71. The molecule has 160 valence electrons. The van der Waals surface area contributed by atoms with E-state index in [4.69, 9.17) is 17.0 Å². The second-order valence-electron chi connectivity index (χ2n) is 7.71. The van der Waals surface area contributed by atoms with E-state index in [1.807, 2.05) is 45.0 Å². The Bertz CT molecular complexity index is 1190. The van der Waals surface area contributed by atoms with Gasteiger partial charge in [0.2, 0.25) is 5.17 Å². The van der Waals surface area contributed by atoms with Gasteiger partial charge in [0.05, 0.1) is 5.57 Å². The van der Waals surface area contributed by atoms with Crippen LogP contribution >= 0.6 is 23.4 Å². The number of carbonyl (C=O) groups excluding carboxylic acids is 1. The number of halogens is 1. The van der Waals surface area contributed by atoms with Crippen LogP contribution in [0.1, 0.15) is 48.7 Å². The lowest BCUT2D eigenvalue weighted by atomic mass is 10.1. The molecule has 0 unspecified atom stereocenters. The SMILES string of the molecule is CCCCC1=NN2C(=N)C(=Cc3cc(C)n(-c4ccc(C)c(Cl)c4)c3C)C(=O)N=C2S1. The molecule has 0 atom stereocenters. The third kappa shape index (κ3) is 4.00. The maximum atomic E-state index is 12.7. The van der Waals surface area contributed by atoms with Crippen molar-refractivity contribution in [3.8, 4) is 5.69 Å². The fourth-order valence-electron chi connectivity index (χ4n) is 3.67. The van der Waals surface area contributed by atoms with Crippen molar-refractivity contribution >= 4 is 51.4 Å². The van der Waals surface area contributed by atoms with E-state index in [0.717, 1.165) is 52.5 Å². The van der Waals surface area contributed by atoms with Crippen LogP contribution in [-0.4, -0.2) is 31.5 Å². The zero-order chi connectivity index (χ0) is 22.3. The molecule has 3 heterocycles. The number of nitrogens with zero attached hydrogens (tertiary/aromatic N) is 4. The van der Waals surface area contributed by atoms with Gasteiger partial charge in [-0.25, -0.2) is 0 Å². The van der Waals surface area contributed by atoms with E-state index in [1.54, 1.807) is 6.08 Å². The van der Waals surface area contributed by atoms with Crippen LogP contribution in [-0.2, 0) is 4.79 Å². The average molecular weight is 454 g/mol. The number of hydrazone groups is 1. The first-order valence-corrected chi connectivity index (χ1v) is 11.4. The number of fused-ring (bicyclic) bond motifs is 1. The summed E-state index contributed by atoms with van der Waals surface area (Å²) in [6, 6.07) is 7.96. The predicted molar refractivity (Wildman–Crippen MR) is 130 cm³/mol. The number of hydrogen-bond donors (Lipinski definition) is 1. The number of hydrogen-bond acceptors (Lipinski definition) is 4. The van der Waals surface area contributed by atoms with E-state index in [9.17, 15) is 4.79 Å². The molecule has 4 rings (SSSR count). The number of amides is 1. The quantitative estimate of drug-likeness (QED) is 0.575. The number of aromatic nitrogens is 1. The Kier molecular flexibility index (Phi) is 5.90. The van der Waals surface area contributed by atoms with Crippen molar-refractivity contribution < 1.29 is 4.79 Å². The zero-order valence-electron chi connectivity index (χ0n) is 18.0. The number of aryl methyl sites for hydroxylation is 2. The summed E-state index contributed by atoms with van der Waals surface area (Å²) in [6.07, 6.45) is 4.66. The third-order valence-corrected chi connectivity index (χ3v) is 6.80. The van der Waals surface area contributed by atoms with Crippen LogP contribution in [0.3, 0.4) is 0 Å². The minimum atomic E-state index is -0.404. The Morgan fingerprint density at radius 1 is 1.23 bits per heavy atom. The first-order chi connectivity index (χ1) is 14.8. The summed E-state index contributed by atoms with van der Waals surface area (Å²) in [4.78, 5) is 16.9. The van der Waals surface area contributed by atoms with Gasteiger partial charge >= 0.3 is 0 Å². The molecule has 2 aliphatic rings. The molecule has 0 fully saturated rings. The maximum Gasteiger partial charge on any atom is 0.283 e. The van der Waals surface area contributed by atoms with Gasteiger partial charge in [0, 0.05) is 22.1 Å². The molecule has 0 spiro atoms. The second-order valence-corrected chi connectivity index (χ2v) is 9.16. The number of rotatable bonds is 5. The van der Waals surface area contributed by atoms with E-state index in [2.05, 4.69) is 21.6 Å².